The maximum absolute atomic E-state index is 11.1. The number of likely N-dealkylation sites (N-methyl/N-ethyl adjacent to an activating group) is 1. The van der Waals surface area contributed by atoms with Gasteiger partial charge in [0.25, 0.3) is 0 Å². The standard InChI is InChI=1S/C24H44N2O/c1-15(26(5)6)17-9-10-18-16-7-8-20-22(27)21(25-4)12-14-24(20,3)19(16)11-13-23(17,18)2/h15-22,25,27H,7-14H2,1-6H3/t15-,16+,17+,18-,19+,20+,21-,22+,23-,24+/m1/s1. The Hall–Kier alpha value is -0.120. The Balaban J connectivity index is 1.58. The predicted octanol–water partition coefficient (Wildman–Crippen LogP) is 4.15. The van der Waals surface area contributed by atoms with Gasteiger partial charge in [-0.05, 0) is 120 Å². The van der Waals surface area contributed by atoms with E-state index in [0.29, 0.717) is 28.8 Å². The number of hydrogen-bond acceptors (Lipinski definition) is 3. The lowest BCUT2D eigenvalue weighted by Gasteiger charge is -2.62. The highest BCUT2D eigenvalue weighted by molar-refractivity contribution is 5.12. The van der Waals surface area contributed by atoms with Gasteiger partial charge in [-0.25, -0.2) is 0 Å². The molecule has 0 radical (unpaired) electrons. The first-order valence-electron chi connectivity index (χ1n) is 11.8. The van der Waals surface area contributed by atoms with Crippen molar-refractivity contribution in [2.45, 2.75) is 90.3 Å². The van der Waals surface area contributed by atoms with Gasteiger partial charge < -0.3 is 15.3 Å². The Morgan fingerprint density at radius 2 is 1.52 bits per heavy atom. The van der Waals surface area contributed by atoms with Crippen molar-refractivity contribution in [3.05, 3.63) is 0 Å². The van der Waals surface area contributed by atoms with Crippen LogP contribution in [0.3, 0.4) is 0 Å². The largest absolute Gasteiger partial charge is 0.391 e. The molecule has 0 bridgehead atoms. The van der Waals surface area contributed by atoms with Gasteiger partial charge in [-0.2, -0.15) is 0 Å². The summed E-state index contributed by atoms with van der Waals surface area (Å²) in [7, 11) is 6.56. The van der Waals surface area contributed by atoms with Crippen LogP contribution in [0.25, 0.3) is 0 Å². The minimum Gasteiger partial charge on any atom is -0.391 e. The second-order valence-corrected chi connectivity index (χ2v) is 11.4. The Morgan fingerprint density at radius 3 is 2.19 bits per heavy atom. The van der Waals surface area contributed by atoms with E-state index in [4.69, 9.17) is 0 Å². The summed E-state index contributed by atoms with van der Waals surface area (Å²) in [6.45, 7) is 7.66. The molecule has 0 heterocycles. The number of hydrogen-bond donors (Lipinski definition) is 2. The van der Waals surface area contributed by atoms with E-state index in [1.165, 1.54) is 44.9 Å². The predicted molar refractivity (Wildman–Crippen MR) is 113 cm³/mol. The van der Waals surface area contributed by atoms with E-state index in [1.54, 1.807) is 0 Å². The first kappa shape index (κ1) is 20.2. The smallest absolute Gasteiger partial charge is 0.0726 e. The van der Waals surface area contributed by atoms with Gasteiger partial charge in [-0.1, -0.05) is 13.8 Å². The van der Waals surface area contributed by atoms with Crippen molar-refractivity contribution in [3.8, 4) is 0 Å². The quantitative estimate of drug-likeness (QED) is 0.776. The molecule has 0 aromatic rings. The number of rotatable bonds is 3. The fourth-order valence-corrected chi connectivity index (χ4v) is 8.84. The van der Waals surface area contributed by atoms with Gasteiger partial charge in [0.1, 0.15) is 0 Å². The van der Waals surface area contributed by atoms with E-state index >= 15 is 0 Å². The Morgan fingerprint density at radius 1 is 0.889 bits per heavy atom. The maximum atomic E-state index is 11.1. The molecular weight excluding hydrogens is 332 g/mol. The molecule has 0 amide bonds. The third-order valence-corrected chi connectivity index (χ3v) is 10.6. The summed E-state index contributed by atoms with van der Waals surface area (Å²) in [5.41, 5.74) is 0.900. The van der Waals surface area contributed by atoms with E-state index in [9.17, 15) is 5.11 Å². The zero-order valence-corrected chi connectivity index (χ0v) is 18.7. The molecule has 3 heteroatoms. The summed E-state index contributed by atoms with van der Waals surface area (Å²) in [5, 5.41) is 14.5. The third kappa shape index (κ3) is 2.86. The van der Waals surface area contributed by atoms with Gasteiger partial charge in [0.2, 0.25) is 0 Å². The van der Waals surface area contributed by atoms with Gasteiger partial charge in [0, 0.05) is 12.1 Å². The lowest BCUT2D eigenvalue weighted by Crippen LogP contribution is -2.60. The van der Waals surface area contributed by atoms with Crippen LogP contribution in [0.4, 0.5) is 0 Å². The molecule has 4 aliphatic carbocycles. The van der Waals surface area contributed by atoms with Crippen molar-refractivity contribution in [1.29, 1.82) is 0 Å². The zero-order chi connectivity index (χ0) is 19.6. The maximum Gasteiger partial charge on any atom is 0.0726 e. The van der Waals surface area contributed by atoms with Gasteiger partial charge in [-0.3, -0.25) is 0 Å². The van der Waals surface area contributed by atoms with E-state index in [-0.39, 0.29) is 6.10 Å². The van der Waals surface area contributed by atoms with Crippen LogP contribution in [0.15, 0.2) is 0 Å². The molecule has 3 nitrogen and oxygen atoms in total. The average molecular weight is 377 g/mol. The van der Waals surface area contributed by atoms with Crippen LogP contribution in [0.1, 0.15) is 72.1 Å². The first-order chi connectivity index (χ1) is 12.7. The monoisotopic (exact) mass is 376 g/mol. The molecular formula is C24H44N2O. The van der Waals surface area contributed by atoms with Crippen LogP contribution in [0.2, 0.25) is 0 Å². The van der Waals surface area contributed by atoms with Crippen molar-refractivity contribution in [3.63, 3.8) is 0 Å². The molecule has 0 aliphatic heterocycles. The summed E-state index contributed by atoms with van der Waals surface area (Å²) in [6.07, 6.45) is 10.6. The highest BCUT2D eigenvalue weighted by atomic mass is 16.3. The molecule has 10 atom stereocenters. The molecule has 4 fully saturated rings. The molecule has 0 saturated heterocycles. The molecule has 0 aromatic heterocycles. The van der Waals surface area contributed by atoms with Crippen LogP contribution >= 0.6 is 0 Å². The van der Waals surface area contributed by atoms with Crippen LogP contribution < -0.4 is 5.32 Å². The van der Waals surface area contributed by atoms with E-state index < -0.39 is 0 Å². The summed E-state index contributed by atoms with van der Waals surface area (Å²) in [5.74, 6) is 4.03. The van der Waals surface area contributed by atoms with Crippen LogP contribution in [-0.2, 0) is 0 Å². The van der Waals surface area contributed by atoms with E-state index in [2.05, 4.69) is 45.1 Å². The van der Waals surface area contributed by atoms with E-state index in [1.807, 2.05) is 7.05 Å². The molecule has 4 saturated carbocycles. The summed E-state index contributed by atoms with van der Waals surface area (Å²) in [4.78, 5) is 2.46. The Kier molecular flexibility index (Phi) is 5.22. The highest BCUT2D eigenvalue weighted by Gasteiger charge is 2.62. The molecule has 156 valence electrons. The fraction of sp³-hybridized carbons (Fsp3) is 1.00. The highest BCUT2D eigenvalue weighted by Crippen LogP contribution is 2.67. The number of fused-ring (bicyclic) bond motifs is 5. The van der Waals surface area contributed by atoms with Crippen molar-refractivity contribution in [1.82, 2.24) is 10.2 Å². The Labute approximate surface area is 167 Å². The van der Waals surface area contributed by atoms with Gasteiger partial charge in [-0.15, -0.1) is 0 Å². The summed E-state index contributed by atoms with van der Waals surface area (Å²) in [6, 6.07) is 1.00. The van der Waals surface area contributed by atoms with Crippen molar-refractivity contribution < 1.29 is 5.11 Å². The Bertz CT molecular complexity index is 550. The molecule has 0 unspecified atom stereocenters. The molecule has 0 aromatic carbocycles. The van der Waals surface area contributed by atoms with E-state index in [0.717, 1.165) is 30.1 Å². The van der Waals surface area contributed by atoms with Crippen LogP contribution in [0, 0.1) is 40.4 Å². The number of nitrogens with zero attached hydrogens (tertiary/aromatic N) is 1. The molecule has 4 rings (SSSR count). The SMILES string of the molecule is CN[C@@H]1CC[C@]2(C)[C@@H](CC[C@H]3[C@H]4CC[C@@H]([C@@H](C)N(C)C)[C@@]4(C)CC[C@@H]32)[C@@H]1O. The zero-order valence-electron chi connectivity index (χ0n) is 18.7. The van der Waals surface area contributed by atoms with Crippen molar-refractivity contribution in [2.24, 2.45) is 40.4 Å². The third-order valence-electron chi connectivity index (χ3n) is 10.6. The summed E-state index contributed by atoms with van der Waals surface area (Å²) >= 11 is 0. The topological polar surface area (TPSA) is 35.5 Å². The van der Waals surface area contributed by atoms with Gasteiger partial charge in [0.05, 0.1) is 6.10 Å². The number of nitrogens with one attached hydrogen (secondary N) is 1. The second kappa shape index (κ2) is 6.99. The van der Waals surface area contributed by atoms with Crippen LogP contribution in [0.5, 0.6) is 0 Å². The first-order valence-corrected chi connectivity index (χ1v) is 11.8. The van der Waals surface area contributed by atoms with Crippen LogP contribution in [-0.4, -0.2) is 49.3 Å². The average Bonchev–Trinajstić information content (AvgIpc) is 2.98. The van der Waals surface area contributed by atoms with Crippen molar-refractivity contribution in [2.75, 3.05) is 21.1 Å². The molecule has 2 N–H and O–H groups in total. The molecule has 0 spiro atoms. The lowest BCUT2D eigenvalue weighted by molar-refractivity contribution is -0.152. The normalized spacial score (nSPS) is 53.6. The minimum atomic E-state index is -0.145. The fourth-order valence-electron chi connectivity index (χ4n) is 8.84. The van der Waals surface area contributed by atoms with Gasteiger partial charge >= 0.3 is 0 Å². The second-order valence-electron chi connectivity index (χ2n) is 11.4. The van der Waals surface area contributed by atoms with Crippen molar-refractivity contribution >= 4 is 0 Å². The number of aliphatic hydroxyl groups excluding tert-OH is 1. The number of aliphatic hydroxyl groups is 1. The minimum absolute atomic E-state index is 0.145. The molecule has 4 aliphatic rings. The lowest BCUT2D eigenvalue weighted by atomic mass is 9.44. The summed E-state index contributed by atoms with van der Waals surface area (Å²) < 4.78 is 0. The van der Waals surface area contributed by atoms with Gasteiger partial charge in [0.15, 0.2) is 0 Å². The molecule has 27 heavy (non-hydrogen) atoms.